The number of benzene rings is 2. The third-order valence-electron chi connectivity index (χ3n) is 4.13. The molecule has 2 aromatic carbocycles. The SMILES string of the molecule is COc1ccc(C(C)C)cc1C1CNc2ccccc21. The van der Waals surface area contributed by atoms with Crippen LogP contribution >= 0.6 is 0 Å². The lowest BCUT2D eigenvalue weighted by molar-refractivity contribution is 0.408. The van der Waals surface area contributed by atoms with E-state index < -0.39 is 0 Å². The maximum absolute atomic E-state index is 5.58. The van der Waals surface area contributed by atoms with E-state index >= 15 is 0 Å². The molecule has 1 heterocycles. The van der Waals surface area contributed by atoms with Crippen molar-refractivity contribution in [3.05, 3.63) is 59.2 Å². The van der Waals surface area contributed by atoms with Gasteiger partial charge in [0, 0.05) is 23.7 Å². The highest BCUT2D eigenvalue weighted by molar-refractivity contribution is 5.62. The summed E-state index contributed by atoms with van der Waals surface area (Å²) in [6, 6.07) is 15.1. The van der Waals surface area contributed by atoms with Crippen molar-refractivity contribution in [1.29, 1.82) is 0 Å². The number of para-hydroxylation sites is 1. The van der Waals surface area contributed by atoms with Crippen LogP contribution < -0.4 is 10.1 Å². The Morgan fingerprint density at radius 1 is 1.10 bits per heavy atom. The highest BCUT2D eigenvalue weighted by Crippen LogP contribution is 2.40. The molecule has 3 rings (SSSR count). The molecule has 0 saturated carbocycles. The number of anilines is 1. The van der Waals surface area contributed by atoms with Gasteiger partial charge in [0.1, 0.15) is 5.75 Å². The van der Waals surface area contributed by atoms with Crippen molar-refractivity contribution in [1.82, 2.24) is 0 Å². The molecule has 0 spiro atoms. The summed E-state index contributed by atoms with van der Waals surface area (Å²) >= 11 is 0. The number of hydrogen-bond acceptors (Lipinski definition) is 2. The molecule has 0 radical (unpaired) electrons. The number of nitrogens with one attached hydrogen (secondary N) is 1. The predicted octanol–water partition coefficient (Wildman–Crippen LogP) is 4.38. The fourth-order valence-corrected chi connectivity index (χ4v) is 2.95. The van der Waals surface area contributed by atoms with E-state index in [1.165, 1.54) is 22.4 Å². The number of fused-ring (bicyclic) bond motifs is 1. The minimum atomic E-state index is 0.375. The minimum Gasteiger partial charge on any atom is -0.496 e. The highest BCUT2D eigenvalue weighted by atomic mass is 16.5. The van der Waals surface area contributed by atoms with Gasteiger partial charge in [-0.25, -0.2) is 0 Å². The van der Waals surface area contributed by atoms with E-state index in [4.69, 9.17) is 4.74 Å². The van der Waals surface area contributed by atoms with E-state index in [0.717, 1.165) is 12.3 Å². The zero-order valence-electron chi connectivity index (χ0n) is 12.3. The molecule has 0 saturated heterocycles. The molecule has 2 aromatic rings. The van der Waals surface area contributed by atoms with Crippen molar-refractivity contribution in [3.63, 3.8) is 0 Å². The lowest BCUT2D eigenvalue weighted by atomic mass is 9.89. The first-order valence-electron chi connectivity index (χ1n) is 7.21. The molecule has 0 aliphatic carbocycles. The fourth-order valence-electron chi connectivity index (χ4n) is 2.95. The Morgan fingerprint density at radius 3 is 2.65 bits per heavy atom. The van der Waals surface area contributed by atoms with Crippen LogP contribution in [0.2, 0.25) is 0 Å². The van der Waals surface area contributed by atoms with Crippen LogP contribution in [0, 0.1) is 0 Å². The second-order valence-corrected chi connectivity index (χ2v) is 5.68. The van der Waals surface area contributed by atoms with Crippen molar-refractivity contribution >= 4 is 5.69 Å². The molecule has 2 nitrogen and oxygen atoms in total. The molecular weight excluding hydrogens is 246 g/mol. The lowest BCUT2D eigenvalue weighted by Crippen LogP contribution is -2.06. The summed E-state index contributed by atoms with van der Waals surface area (Å²) in [4.78, 5) is 0. The van der Waals surface area contributed by atoms with Crippen LogP contribution in [0.4, 0.5) is 5.69 Å². The van der Waals surface area contributed by atoms with Gasteiger partial charge in [-0.05, 0) is 29.2 Å². The molecule has 2 heteroatoms. The van der Waals surface area contributed by atoms with Crippen LogP contribution in [0.15, 0.2) is 42.5 Å². The van der Waals surface area contributed by atoms with E-state index in [2.05, 4.69) is 61.6 Å². The van der Waals surface area contributed by atoms with Gasteiger partial charge < -0.3 is 10.1 Å². The van der Waals surface area contributed by atoms with Crippen LogP contribution in [0.3, 0.4) is 0 Å². The molecule has 1 atom stereocenters. The molecule has 1 N–H and O–H groups in total. The summed E-state index contributed by atoms with van der Waals surface area (Å²) in [5, 5.41) is 3.49. The fraction of sp³-hybridized carbons (Fsp3) is 0.333. The largest absolute Gasteiger partial charge is 0.496 e. The van der Waals surface area contributed by atoms with Crippen LogP contribution in [-0.2, 0) is 0 Å². The van der Waals surface area contributed by atoms with Gasteiger partial charge in [0.15, 0.2) is 0 Å². The molecule has 0 amide bonds. The summed E-state index contributed by atoms with van der Waals surface area (Å²) in [6.45, 7) is 5.40. The third-order valence-corrected chi connectivity index (χ3v) is 4.13. The van der Waals surface area contributed by atoms with E-state index in [9.17, 15) is 0 Å². The normalized spacial score (nSPS) is 16.9. The molecule has 104 valence electrons. The minimum absolute atomic E-state index is 0.375. The first-order valence-corrected chi connectivity index (χ1v) is 7.21. The standard InChI is InChI=1S/C18H21NO/c1-12(2)13-8-9-18(20-3)15(10-13)16-11-19-17-7-5-4-6-14(16)17/h4-10,12,16,19H,11H2,1-3H3. The summed E-state index contributed by atoms with van der Waals surface area (Å²) < 4.78 is 5.58. The monoisotopic (exact) mass is 267 g/mol. The van der Waals surface area contributed by atoms with Gasteiger partial charge in [-0.2, -0.15) is 0 Å². The van der Waals surface area contributed by atoms with Gasteiger partial charge in [-0.3, -0.25) is 0 Å². The first-order chi connectivity index (χ1) is 9.70. The van der Waals surface area contributed by atoms with E-state index in [0.29, 0.717) is 11.8 Å². The van der Waals surface area contributed by atoms with Gasteiger partial charge in [0.2, 0.25) is 0 Å². The van der Waals surface area contributed by atoms with E-state index in [-0.39, 0.29) is 0 Å². The van der Waals surface area contributed by atoms with Gasteiger partial charge in [0.05, 0.1) is 7.11 Å². The zero-order chi connectivity index (χ0) is 14.1. The van der Waals surface area contributed by atoms with E-state index in [1.54, 1.807) is 7.11 Å². The summed E-state index contributed by atoms with van der Waals surface area (Å²) in [7, 11) is 1.75. The Hall–Kier alpha value is -1.96. The molecule has 1 unspecified atom stereocenters. The van der Waals surface area contributed by atoms with E-state index in [1.807, 2.05) is 0 Å². The van der Waals surface area contributed by atoms with Crippen molar-refractivity contribution in [3.8, 4) is 5.75 Å². The molecule has 1 aliphatic heterocycles. The van der Waals surface area contributed by atoms with Crippen molar-refractivity contribution in [2.24, 2.45) is 0 Å². The number of methoxy groups -OCH3 is 1. The predicted molar refractivity (Wildman–Crippen MR) is 83.9 cm³/mol. The number of ether oxygens (including phenoxy) is 1. The topological polar surface area (TPSA) is 21.3 Å². The second-order valence-electron chi connectivity index (χ2n) is 5.68. The second kappa shape index (κ2) is 5.20. The van der Waals surface area contributed by atoms with Gasteiger partial charge in [0.25, 0.3) is 0 Å². The molecule has 0 fully saturated rings. The van der Waals surface area contributed by atoms with Crippen LogP contribution in [0.1, 0.15) is 42.4 Å². The average Bonchev–Trinajstić information content (AvgIpc) is 2.90. The van der Waals surface area contributed by atoms with Crippen molar-refractivity contribution in [2.75, 3.05) is 19.0 Å². The zero-order valence-corrected chi connectivity index (χ0v) is 12.3. The average molecular weight is 267 g/mol. The lowest BCUT2D eigenvalue weighted by Gasteiger charge is -2.17. The number of hydrogen-bond donors (Lipinski definition) is 1. The smallest absolute Gasteiger partial charge is 0.122 e. The molecule has 0 aromatic heterocycles. The van der Waals surface area contributed by atoms with Crippen molar-refractivity contribution < 1.29 is 4.74 Å². The van der Waals surface area contributed by atoms with Gasteiger partial charge in [-0.1, -0.05) is 44.2 Å². The Labute approximate surface area is 120 Å². The van der Waals surface area contributed by atoms with Crippen LogP contribution in [0.5, 0.6) is 5.75 Å². The highest BCUT2D eigenvalue weighted by Gasteiger charge is 2.26. The van der Waals surface area contributed by atoms with Gasteiger partial charge in [-0.15, -0.1) is 0 Å². The number of rotatable bonds is 3. The quantitative estimate of drug-likeness (QED) is 0.891. The van der Waals surface area contributed by atoms with Gasteiger partial charge >= 0.3 is 0 Å². The Bertz CT molecular complexity index is 619. The maximum Gasteiger partial charge on any atom is 0.122 e. The third kappa shape index (κ3) is 2.15. The molecule has 1 aliphatic rings. The summed E-state index contributed by atoms with van der Waals surface area (Å²) in [5.74, 6) is 1.89. The summed E-state index contributed by atoms with van der Waals surface area (Å²) in [6.07, 6.45) is 0. The maximum atomic E-state index is 5.58. The molecular formula is C18H21NO. The molecule has 20 heavy (non-hydrogen) atoms. The Kier molecular flexibility index (Phi) is 3.39. The molecule has 0 bridgehead atoms. The van der Waals surface area contributed by atoms with Crippen LogP contribution in [0.25, 0.3) is 0 Å². The summed E-state index contributed by atoms with van der Waals surface area (Å²) in [5.41, 5.74) is 5.27. The first kappa shape index (κ1) is 13.0. The Balaban J connectivity index is 2.08. The van der Waals surface area contributed by atoms with Crippen molar-refractivity contribution in [2.45, 2.75) is 25.7 Å². The Morgan fingerprint density at radius 2 is 1.90 bits per heavy atom. The van der Waals surface area contributed by atoms with Crippen LogP contribution in [-0.4, -0.2) is 13.7 Å².